The largest absolute Gasteiger partial charge is 0.279 e. The second kappa shape index (κ2) is 6.17. The van der Waals surface area contributed by atoms with Gasteiger partial charge in [-0.2, -0.15) is 0 Å². The number of aryl methyl sites for hydroxylation is 2. The van der Waals surface area contributed by atoms with Crippen molar-refractivity contribution in [1.29, 1.82) is 0 Å². The van der Waals surface area contributed by atoms with E-state index in [9.17, 15) is 8.42 Å². The van der Waals surface area contributed by atoms with Crippen molar-refractivity contribution >= 4 is 58.9 Å². The number of benzene rings is 1. The van der Waals surface area contributed by atoms with Crippen molar-refractivity contribution in [1.82, 2.24) is 0 Å². The fourth-order valence-electron chi connectivity index (χ4n) is 1.85. The van der Waals surface area contributed by atoms with Gasteiger partial charge in [0.15, 0.2) is 0 Å². The number of sulfonamides is 1. The molecule has 2 rings (SSSR count). The van der Waals surface area contributed by atoms with Crippen LogP contribution in [0, 0.1) is 6.92 Å². The lowest BCUT2D eigenvalue weighted by atomic mass is 10.1. The van der Waals surface area contributed by atoms with Crippen LogP contribution in [0.15, 0.2) is 37.4 Å². The lowest BCUT2D eigenvalue weighted by Gasteiger charge is -2.12. The van der Waals surface area contributed by atoms with Crippen LogP contribution in [0.3, 0.4) is 0 Å². The molecule has 0 unspecified atom stereocenters. The Morgan fingerprint density at radius 1 is 1.25 bits per heavy atom. The second-order valence-electron chi connectivity index (χ2n) is 4.23. The van der Waals surface area contributed by atoms with E-state index in [1.165, 1.54) is 11.3 Å². The van der Waals surface area contributed by atoms with Crippen LogP contribution >= 0.6 is 43.2 Å². The number of hydrogen-bond donors (Lipinski definition) is 1. The third-order valence-corrected chi connectivity index (χ3v) is 6.49. The highest BCUT2D eigenvalue weighted by molar-refractivity contribution is 9.11. The molecule has 0 saturated heterocycles. The van der Waals surface area contributed by atoms with Crippen LogP contribution in [0.5, 0.6) is 0 Å². The van der Waals surface area contributed by atoms with Gasteiger partial charge in [-0.25, -0.2) is 8.42 Å². The minimum atomic E-state index is -3.55. The molecule has 1 heterocycles. The van der Waals surface area contributed by atoms with Crippen LogP contribution in [0.1, 0.15) is 17.4 Å². The fourth-order valence-corrected chi connectivity index (χ4v) is 5.78. The van der Waals surface area contributed by atoms with Gasteiger partial charge in [0.1, 0.15) is 4.90 Å². The molecule has 7 heteroatoms. The van der Waals surface area contributed by atoms with E-state index in [1.807, 2.05) is 19.1 Å². The van der Waals surface area contributed by atoms with Gasteiger partial charge in [0, 0.05) is 9.35 Å². The molecule has 3 nitrogen and oxygen atoms in total. The molecule has 0 aliphatic rings. The van der Waals surface area contributed by atoms with Crippen molar-refractivity contribution in [3.8, 4) is 0 Å². The third-order valence-electron chi connectivity index (χ3n) is 2.82. The Bertz CT molecular complexity index is 739. The molecule has 0 aliphatic carbocycles. The van der Waals surface area contributed by atoms with E-state index in [2.05, 4.69) is 36.6 Å². The summed E-state index contributed by atoms with van der Waals surface area (Å²) in [6, 6.07) is 7.16. The first kappa shape index (κ1) is 16.0. The summed E-state index contributed by atoms with van der Waals surface area (Å²) in [6.45, 7) is 3.79. The molecule has 108 valence electrons. The van der Waals surface area contributed by atoms with E-state index >= 15 is 0 Å². The minimum Gasteiger partial charge on any atom is -0.279 e. The average Bonchev–Trinajstić information content (AvgIpc) is 2.71. The van der Waals surface area contributed by atoms with Crippen LogP contribution in [0.4, 0.5) is 5.69 Å². The molecular formula is C13H13Br2NO2S2. The van der Waals surface area contributed by atoms with Crippen molar-refractivity contribution in [3.05, 3.63) is 43.0 Å². The van der Waals surface area contributed by atoms with Crippen molar-refractivity contribution in [2.24, 2.45) is 0 Å². The molecule has 1 aromatic heterocycles. The third kappa shape index (κ3) is 3.44. The van der Waals surface area contributed by atoms with Crippen molar-refractivity contribution in [2.45, 2.75) is 25.2 Å². The Kier molecular flexibility index (Phi) is 4.94. The summed E-state index contributed by atoms with van der Waals surface area (Å²) >= 11 is 8.12. The van der Waals surface area contributed by atoms with Gasteiger partial charge < -0.3 is 0 Å². The standard InChI is InChI=1S/C13H13Br2NO2S2/c1-3-9-6-10(14)4-5-11(9)16-20(17,18)12-7-13(15)19-8(12)2/h4-7,16H,3H2,1-2H3. The van der Waals surface area contributed by atoms with Crippen molar-refractivity contribution in [3.63, 3.8) is 0 Å². The van der Waals surface area contributed by atoms with E-state index in [4.69, 9.17) is 0 Å². The number of thiophene rings is 1. The molecule has 0 bridgehead atoms. The molecule has 0 spiro atoms. The highest BCUT2D eigenvalue weighted by atomic mass is 79.9. The highest BCUT2D eigenvalue weighted by Crippen LogP contribution is 2.31. The van der Waals surface area contributed by atoms with Crippen LogP contribution in [-0.4, -0.2) is 8.42 Å². The molecular weight excluding hydrogens is 426 g/mol. The van der Waals surface area contributed by atoms with Gasteiger partial charge in [0.25, 0.3) is 10.0 Å². The Morgan fingerprint density at radius 2 is 1.95 bits per heavy atom. The summed E-state index contributed by atoms with van der Waals surface area (Å²) in [6.07, 6.45) is 0.754. The van der Waals surface area contributed by atoms with Crippen LogP contribution in [0.25, 0.3) is 0 Å². The quantitative estimate of drug-likeness (QED) is 0.734. The molecule has 20 heavy (non-hydrogen) atoms. The zero-order valence-electron chi connectivity index (χ0n) is 10.9. The Balaban J connectivity index is 2.41. The van der Waals surface area contributed by atoms with Crippen molar-refractivity contribution in [2.75, 3.05) is 4.72 Å². The Labute approximate surface area is 139 Å². The van der Waals surface area contributed by atoms with Gasteiger partial charge >= 0.3 is 0 Å². The lowest BCUT2D eigenvalue weighted by molar-refractivity contribution is 0.601. The van der Waals surface area contributed by atoms with Gasteiger partial charge in [-0.3, -0.25) is 4.72 Å². The first-order valence-electron chi connectivity index (χ1n) is 5.90. The van der Waals surface area contributed by atoms with Crippen LogP contribution < -0.4 is 4.72 Å². The predicted octanol–water partition coefficient (Wildman–Crippen LogP) is 4.94. The van der Waals surface area contributed by atoms with Gasteiger partial charge in [0.05, 0.1) is 9.47 Å². The average molecular weight is 439 g/mol. The summed E-state index contributed by atoms with van der Waals surface area (Å²) in [7, 11) is -3.55. The Morgan fingerprint density at radius 3 is 2.50 bits per heavy atom. The van der Waals surface area contributed by atoms with Gasteiger partial charge in [-0.05, 0) is 59.1 Å². The second-order valence-corrected chi connectivity index (χ2v) is 9.43. The van der Waals surface area contributed by atoms with Crippen LogP contribution in [0.2, 0.25) is 0 Å². The number of rotatable bonds is 4. The molecule has 0 amide bonds. The van der Waals surface area contributed by atoms with Crippen molar-refractivity contribution < 1.29 is 8.42 Å². The van der Waals surface area contributed by atoms with E-state index in [0.717, 1.165) is 25.1 Å². The molecule has 0 atom stereocenters. The predicted molar refractivity (Wildman–Crippen MR) is 91.1 cm³/mol. The molecule has 0 aliphatic heterocycles. The molecule has 1 N–H and O–H groups in total. The van der Waals surface area contributed by atoms with Gasteiger partial charge in [-0.15, -0.1) is 11.3 Å². The number of halogens is 2. The Hall–Kier alpha value is -0.370. The summed E-state index contributed by atoms with van der Waals surface area (Å²) < 4.78 is 29.3. The summed E-state index contributed by atoms with van der Waals surface area (Å²) in [5, 5.41) is 0. The van der Waals surface area contributed by atoms with Gasteiger partial charge in [-0.1, -0.05) is 22.9 Å². The first-order valence-corrected chi connectivity index (χ1v) is 9.79. The minimum absolute atomic E-state index is 0.319. The smallest absolute Gasteiger partial charge is 0.263 e. The van der Waals surface area contributed by atoms with Gasteiger partial charge in [0.2, 0.25) is 0 Å². The summed E-state index contributed by atoms with van der Waals surface area (Å²) in [5.74, 6) is 0. The van der Waals surface area contributed by atoms with Crippen LogP contribution in [-0.2, 0) is 16.4 Å². The highest BCUT2D eigenvalue weighted by Gasteiger charge is 2.20. The maximum absolute atomic E-state index is 12.5. The zero-order valence-corrected chi connectivity index (χ0v) is 15.7. The summed E-state index contributed by atoms with van der Waals surface area (Å²) in [4.78, 5) is 1.08. The number of nitrogens with one attached hydrogen (secondary N) is 1. The molecule has 1 aromatic carbocycles. The zero-order chi connectivity index (χ0) is 14.9. The maximum atomic E-state index is 12.5. The number of hydrogen-bond acceptors (Lipinski definition) is 3. The SMILES string of the molecule is CCc1cc(Br)ccc1NS(=O)(=O)c1cc(Br)sc1C. The molecule has 0 saturated carbocycles. The monoisotopic (exact) mass is 437 g/mol. The van der Waals surface area contributed by atoms with E-state index in [1.54, 1.807) is 19.1 Å². The lowest BCUT2D eigenvalue weighted by Crippen LogP contribution is -2.14. The molecule has 0 radical (unpaired) electrons. The fraction of sp³-hybridized carbons (Fsp3) is 0.231. The maximum Gasteiger partial charge on any atom is 0.263 e. The number of anilines is 1. The topological polar surface area (TPSA) is 46.2 Å². The van der Waals surface area contributed by atoms with E-state index in [0.29, 0.717) is 10.6 Å². The molecule has 0 fully saturated rings. The first-order chi connectivity index (χ1) is 9.33. The normalized spacial score (nSPS) is 11.6. The summed E-state index contributed by atoms with van der Waals surface area (Å²) in [5.41, 5.74) is 1.58. The van der Waals surface area contributed by atoms with E-state index < -0.39 is 10.0 Å². The molecule has 2 aromatic rings. The van der Waals surface area contributed by atoms with E-state index in [-0.39, 0.29) is 0 Å².